The van der Waals surface area contributed by atoms with E-state index in [1.165, 1.54) is 18.9 Å². The molecule has 0 heterocycles. The van der Waals surface area contributed by atoms with Gasteiger partial charge in [-0.05, 0) is 50.3 Å². The van der Waals surface area contributed by atoms with Crippen LogP contribution in [0.3, 0.4) is 0 Å². The molecule has 0 aromatic heterocycles. The van der Waals surface area contributed by atoms with Crippen LogP contribution in [-0.4, -0.2) is 19.3 Å². The molecule has 1 N–H and O–H groups in total. The zero-order valence-electron chi connectivity index (χ0n) is 11.9. The van der Waals surface area contributed by atoms with Crippen molar-refractivity contribution in [3.05, 3.63) is 23.8 Å². The Kier molecular flexibility index (Phi) is 5.17. The van der Waals surface area contributed by atoms with Crippen molar-refractivity contribution in [1.29, 1.82) is 0 Å². The number of alkyl halides is 2. The first kappa shape index (κ1) is 15.0. The maximum atomic E-state index is 12.3. The van der Waals surface area contributed by atoms with Crippen LogP contribution in [0.15, 0.2) is 18.2 Å². The van der Waals surface area contributed by atoms with Gasteiger partial charge in [0.1, 0.15) is 0 Å². The van der Waals surface area contributed by atoms with E-state index in [1.807, 2.05) is 6.92 Å². The maximum absolute atomic E-state index is 12.3. The van der Waals surface area contributed by atoms with E-state index in [1.54, 1.807) is 12.1 Å². The van der Waals surface area contributed by atoms with Gasteiger partial charge in [-0.25, -0.2) is 0 Å². The minimum Gasteiger partial charge on any atom is -0.490 e. The first-order chi connectivity index (χ1) is 9.60. The number of rotatable bonds is 8. The fourth-order valence-corrected chi connectivity index (χ4v) is 2.17. The highest BCUT2D eigenvalue weighted by atomic mass is 19.3. The predicted molar refractivity (Wildman–Crippen MR) is 73.3 cm³/mol. The summed E-state index contributed by atoms with van der Waals surface area (Å²) in [5.74, 6) is 1.23. The van der Waals surface area contributed by atoms with Crippen molar-refractivity contribution in [1.82, 2.24) is 5.32 Å². The van der Waals surface area contributed by atoms with Crippen LogP contribution in [0.25, 0.3) is 0 Å². The average molecular weight is 285 g/mol. The van der Waals surface area contributed by atoms with Gasteiger partial charge in [0.05, 0.1) is 6.61 Å². The third-order valence-corrected chi connectivity index (χ3v) is 3.48. The summed E-state index contributed by atoms with van der Waals surface area (Å²) in [6, 6.07) is 5.57. The summed E-state index contributed by atoms with van der Waals surface area (Å²) in [7, 11) is 0. The van der Waals surface area contributed by atoms with Crippen LogP contribution in [0.2, 0.25) is 0 Å². The molecule has 5 heteroatoms. The summed E-state index contributed by atoms with van der Waals surface area (Å²) in [4.78, 5) is 0. The second-order valence-electron chi connectivity index (χ2n) is 5.10. The first-order valence-corrected chi connectivity index (χ1v) is 7.04. The zero-order chi connectivity index (χ0) is 14.5. The molecule has 1 aromatic rings. The Morgan fingerprint density at radius 1 is 1.30 bits per heavy atom. The number of hydrogen-bond donors (Lipinski definition) is 1. The molecule has 0 amide bonds. The lowest BCUT2D eigenvalue weighted by Gasteiger charge is -2.15. The zero-order valence-corrected chi connectivity index (χ0v) is 11.9. The normalized spacial score (nSPS) is 16.2. The van der Waals surface area contributed by atoms with E-state index < -0.39 is 6.61 Å². The predicted octanol–water partition coefficient (Wildman–Crippen LogP) is 3.57. The Balaban J connectivity index is 1.99. The first-order valence-electron chi connectivity index (χ1n) is 7.04. The fourth-order valence-electron chi connectivity index (χ4n) is 2.17. The summed E-state index contributed by atoms with van der Waals surface area (Å²) < 4.78 is 34.4. The molecule has 1 saturated carbocycles. The highest BCUT2D eigenvalue weighted by Crippen LogP contribution is 2.33. The lowest BCUT2D eigenvalue weighted by molar-refractivity contribution is -0.0514. The van der Waals surface area contributed by atoms with Gasteiger partial charge in [-0.15, -0.1) is 0 Å². The third kappa shape index (κ3) is 4.34. The van der Waals surface area contributed by atoms with E-state index in [2.05, 4.69) is 17.0 Å². The number of halogens is 2. The van der Waals surface area contributed by atoms with Gasteiger partial charge in [0.2, 0.25) is 0 Å². The average Bonchev–Trinajstić information content (AvgIpc) is 3.22. The van der Waals surface area contributed by atoms with E-state index in [0.29, 0.717) is 24.9 Å². The van der Waals surface area contributed by atoms with Crippen molar-refractivity contribution in [3.63, 3.8) is 0 Å². The molecular weight excluding hydrogens is 264 g/mol. The smallest absolute Gasteiger partial charge is 0.387 e. The summed E-state index contributed by atoms with van der Waals surface area (Å²) in [6.45, 7) is 2.26. The van der Waals surface area contributed by atoms with Crippen molar-refractivity contribution >= 4 is 0 Å². The Morgan fingerprint density at radius 2 is 2.05 bits per heavy atom. The van der Waals surface area contributed by atoms with Crippen LogP contribution >= 0.6 is 0 Å². The maximum Gasteiger partial charge on any atom is 0.387 e. The number of benzene rings is 1. The molecule has 112 valence electrons. The second kappa shape index (κ2) is 6.88. The highest BCUT2D eigenvalue weighted by molar-refractivity contribution is 5.43. The van der Waals surface area contributed by atoms with Crippen molar-refractivity contribution in [2.45, 2.75) is 45.9 Å². The molecule has 0 radical (unpaired) electrons. The minimum absolute atomic E-state index is 0.0841. The van der Waals surface area contributed by atoms with Crippen LogP contribution in [0, 0.1) is 5.92 Å². The summed E-state index contributed by atoms with van der Waals surface area (Å²) >= 11 is 0. The highest BCUT2D eigenvalue weighted by Gasteiger charge is 2.27. The van der Waals surface area contributed by atoms with E-state index in [-0.39, 0.29) is 5.75 Å². The number of nitrogens with one attached hydrogen (secondary N) is 1. The molecule has 1 aliphatic rings. The van der Waals surface area contributed by atoms with Crippen molar-refractivity contribution in [3.8, 4) is 11.5 Å². The second-order valence-corrected chi connectivity index (χ2v) is 5.10. The molecule has 1 atom stereocenters. The van der Waals surface area contributed by atoms with E-state index >= 15 is 0 Å². The van der Waals surface area contributed by atoms with Crippen molar-refractivity contribution < 1.29 is 18.3 Å². The molecule has 0 saturated heterocycles. The Bertz CT molecular complexity index is 436. The summed E-state index contributed by atoms with van der Waals surface area (Å²) in [5.41, 5.74) is 1.00. The lowest BCUT2D eigenvalue weighted by Crippen LogP contribution is -2.27. The Morgan fingerprint density at radius 3 is 2.65 bits per heavy atom. The molecule has 3 nitrogen and oxygen atoms in total. The Hall–Kier alpha value is -1.36. The van der Waals surface area contributed by atoms with Gasteiger partial charge in [0.15, 0.2) is 11.5 Å². The third-order valence-electron chi connectivity index (χ3n) is 3.48. The quantitative estimate of drug-likeness (QED) is 0.792. The van der Waals surface area contributed by atoms with Crippen molar-refractivity contribution in [2.24, 2.45) is 5.92 Å². The van der Waals surface area contributed by atoms with Gasteiger partial charge in [-0.1, -0.05) is 6.07 Å². The van der Waals surface area contributed by atoms with Crippen LogP contribution < -0.4 is 14.8 Å². The van der Waals surface area contributed by atoms with Crippen LogP contribution in [0.4, 0.5) is 8.78 Å². The number of ether oxygens (including phenoxy) is 2. The topological polar surface area (TPSA) is 30.5 Å². The van der Waals surface area contributed by atoms with Crippen LogP contribution in [0.5, 0.6) is 11.5 Å². The lowest BCUT2D eigenvalue weighted by atomic mass is 10.1. The SMILES string of the molecule is CCOc1cc(CNC(C)C2CC2)ccc1OC(F)F. The molecule has 1 fully saturated rings. The van der Waals surface area contributed by atoms with E-state index in [0.717, 1.165) is 11.5 Å². The summed E-state index contributed by atoms with van der Waals surface area (Å²) in [6.07, 6.45) is 2.58. The summed E-state index contributed by atoms with van der Waals surface area (Å²) in [5, 5.41) is 3.45. The molecule has 2 rings (SSSR count). The van der Waals surface area contributed by atoms with E-state index in [4.69, 9.17) is 4.74 Å². The van der Waals surface area contributed by atoms with Gasteiger partial charge >= 0.3 is 6.61 Å². The van der Waals surface area contributed by atoms with Crippen LogP contribution in [0.1, 0.15) is 32.3 Å². The molecule has 1 unspecified atom stereocenters. The van der Waals surface area contributed by atoms with Gasteiger partial charge in [-0.3, -0.25) is 0 Å². The van der Waals surface area contributed by atoms with Gasteiger partial charge in [0.25, 0.3) is 0 Å². The fraction of sp³-hybridized carbons (Fsp3) is 0.600. The molecule has 0 aliphatic heterocycles. The molecule has 20 heavy (non-hydrogen) atoms. The van der Waals surface area contributed by atoms with Gasteiger partial charge in [0, 0.05) is 12.6 Å². The Labute approximate surface area is 118 Å². The molecular formula is C15H21F2NO2. The van der Waals surface area contributed by atoms with Crippen LogP contribution in [-0.2, 0) is 6.54 Å². The largest absolute Gasteiger partial charge is 0.490 e. The van der Waals surface area contributed by atoms with Gasteiger partial charge < -0.3 is 14.8 Å². The molecule has 0 spiro atoms. The minimum atomic E-state index is -2.84. The monoisotopic (exact) mass is 285 g/mol. The molecule has 0 bridgehead atoms. The van der Waals surface area contributed by atoms with E-state index in [9.17, 15) is 8.78 Å². The molecule has 1 aromatic carbocycles. The number of hydrogen-bond acceptors (Lipinski definition) is 3. The van der Waals surface area contributed by atoms with Crippen molar-refractivity contribution in [2.75, 3.05) is 6.61 Å². The van der Waals surface area contributed by atoms with Gasteiger partial charge in [-0.2, -0.15) is 8.78 Å². The molecule has 1 aliphatic carbocycles. The standard InChI is InChI=1S/C15H21F2NO2/c1-3-19-14-8-11(4-7-13(14)20-15(16)17)9-18-10(2)12-5-6-12/h4,7-8,10,12,15,18H,3,5-6,9H2,1-2H3.